The van der Waals surface area contributed by atoms with E-state index in [1.165, 1.54) is 11.1 Å². The molecule has 3 aliphatic rings. The zero-order valence-electron chi connectivity index (χ0n) is 26.2. The van der Waals surface area contributed by atoms with Gasteiger partial charge in [0.25, 0.3) is 0 Å². The van der Waals surface area contributed by atoms with E-state index < -0.39 is 36.6 Å². The number of benzene rings is 3. The van der Waals surface area contributed by atoms with Gasteiger partial charge in [-0.15, -0.1) is 0 Å². The summed E-state index contributed by atoms with van der Waals surface area (Å²) >= 11 is 0. The van der Waals surface area contributed by atoms with Crippen LogP contribution >= 0.6 is 0 Å². The molecule has 0 aromatic heterocycles. The molecule has 6 heteroatoms. The summed E-state index contributed by atoms with van der Waals surface area (Å²) in [6, 6.07) is 32.1. The minimum absolute atomic E-state index is 0.0455. The quantitative estimate of drug-likeness (QED) is 0.294. The lowest BCUT2D eigenvalue weighted by Crippen LogP contribution is -2.41. The molecule has 3 aromatic rings. The molecule has 0 saturated carbocycles. The van der Waals surface area contributed by atoms with Crippen molar-refractivity contribution in [3.63, 3.8) is 0 Å². The molecular weight excluding hydrogens is 518 g/mol. The van der Waals surface area contributed by atoms with E-state index in [4.69, 9.17) is 18.6 Å². The van der Waals surface area contributed by atoms with Crippen molar-refractivity contribution in [1.29, 1.82) is 0 Å². The van der Waals surface area contributed by atoms with E-state index >= 15 is 0 Å². The van der Waals surface area contributed by atoms with Gasteiger partial charge in [0, 0.05) is 5.92 Å². The second-order valence-electron chi connectivity index (χ2n) is 13.8. The van der Waals surface area contributed by atoms with Crippen LogP contribution in [0, 0.1) is 0 Å². The minimum Gasteiger partial charge on any atom is -0.400 e. The topological polar surface area (TPSA) is 36.9 Å². The summed E-state index contributed by atoms with van der Waals surface area (Å²) in [4.78, 5) is 0. The Morgan fingerprint density at radius 2 is 0.929 bits per heavy atom. The van der Waals surface area contributed by atoms with Crippen LogP contribution in [0.25, 0.3) is 11.1 Å². The third-order valence-electron chi connectivity index (χ3n) is 10.0. The maximum absolute atomic E-state index is 6.89. The van der Waals surface area contributed by atoms with Gasteiger partial charge >= 0.3 is 14.2 Å². The van der Waals surface area contributed by atoms with Crippen LogP contribution in [-0.2, 0) is 18.6 Å². The monoisotopic (exact) mass is 560 g/mol. The first-order chi connectivity index (χ1) is 19.8. The Labute approximate surface area is 252 Å². The highest BCUT2D eigenvalue weighted by atomic mass is 16.7. The second-order valence-corrected chi connectivity index (χ2v) is 13.8. The predicted molar refractivity (Wildman–Crippen MR) is 173 cm³/mol. The van der Waals surface area contributed by atoms with Crippen molar-refractivity contribution in [3.8, 4) is 0 Å². The molecule has 0 radical (unpaired) electrons. The summed E-state index contributed by atoms with van der Waals surface area (Å²) in [5, 5.41) is 0. The molecule has 0 N–H and O–H groups in total. The lowest BCUT2D eigenvalue weighted by Gasteiger charge is -2.35. The third-order valence-corrected chi connectivity index (χ3v) is 10.0. The molecule has 2 aliphatic heterocycles. The van der Waals surface area contributed by atoms with Crippen molar-refractivity contribution >= 4 is 25.4 Å². The standard InChI is InChI=1S/C36H42B2O4/c1-33(2)34(3,4)40-37(39-33)29-24-28(25-18-12-9-13-19-25)30(26-20-14-10-15-21-26)32(31(29)27-22-16-11-17-23-27)38-41-35(5,6)36(7,8)42-38/h9-23,28H,24H2,1-8H3/t28-/m0/s1. The van der Waals surface area contributed by atoms with Crippen LogP contribution < -0.4 is 0 Å². The Kier molecular flexibility index (Phi) is 7.21. The summed E-state index contributed by atoms with van der Waals surface area (Å²) in [5.74, 6) is 0.0455. The van der Waals surface area contributed by atoms with Crippen LogP contribution in [0.15, 0.2) is 102 Å². The van der Waals surface area contributed by atoms with Gasteiger partial charge in [0.2, 0.25) is 0 Å². The van der Waals surface area contributed by atoms with Crippen LogP contribution in [0.1, 0.15) is 84.4 Å². The number of rotatable bonds is 5. The first-order valence-corrected chi connectivity index (χ1v) is 15.2. The molecule has 2 fully saturated rings. The molecule has 1 aliphatic carbocycles. The molecule has 1 atom stereocenters. The third kappa shape index (κ3) is 4.93. The Balaban J connectivity index is 1.69. The Morgan fingerprint density at radius 1 is 0.524 bits per heavy atom. The molecule has 2 saturated heterocycles. The summed E-state index contributed by atoms with van der Waals surface area (Å²) in [7, 11) is -1.09. The summed E-state index contributed by atoms with van der Waals surface area (Å²) < 4.78 is 27.4. The van der Waals surface area contributed by atoms with E-state index in [0.29, 0.717) is 0 Å². The van der Waals surface area contributed by atoms with Gasteiger partial charge in [0.15, 0.2) is 0 Å². The van der Waals surface area contributed by atoms with Gasteiger partial charge in [0.05, 0.1) is 22.4 Å². The fourth-order valence-electron chi connectivity index (χ4n) is 6.21. The van der Waals surface area contributed by atoms with Gasteiger partial charge < -0.3 is 18.6 Å². The zero-order chi connectivity index (χ0) is 29.9. The zero-order valence-corrected chi connectivity index (χ0v) is 26.2. The van der Waals surface area contributed by atoms with Crippen molar-refractivity contribution in [2.45, 2.75) is 90.1 Å². The average molecular weight is 560 g/mol. The number of hydrogen-bond donors (Lipinski definition) is 0. The van der Waals surface area contributed by atoms with Crippen molar-refractivity contribution in [1.82, 2.24) is 0 Å². The van der Waals surface area contributed by atoms with E-state index in [1.807, 2.05) is 0 Å². The SMILES string of the molecule is CC1(C)OB(C2=C(c3ccccc3)C(B3OC(C)(C)C(C)(C)O3)=C(c3ccccc3)[C@H](c3ccccc3)C2)OC1(C)C. The second kappa shape index (κ2) is 10.4. The normalized spacial score (nSPS) is 24.4. The van der Waals surface area contributed by atoms with E-state index in [-0.39, 0.29) is 5.92 Å². The fraction of sp³-hybridized carbons (Fsp3) is 0.389. The highest BCUT2D eigenvalue weighted by Gasteiger charge is 2.57. The summed E-state index contributed by atoms with van der Waals surface area (Å²) in [6.07, 6.45) is 0.748. The first kappa shape index (κ1) is 29.2. The molecule has 2 heterocycles. The van der Waals surface area contributed by atoms with E-state index in [1.54, 1.807) is 0 Å². The van der Waals surface area contributed by atoms with Crippen molar-refractivity contribution in [2.75, 3.05) is 0 Å². The molecule has 6 rings (SSSR count). The Hall–Kier alpha value is -2.89. The van der Waals surface area contributed by atoms with Gasteiger partial charge in [-0.1, -0.05) is 91.0 Å². The van der Waals surface area contributed by atoms with E-state index in [0.717, 1.165) is 34.1 Å². The van der Waals surface area contributed by atoms with Gasteiger partial charge in [-0.25, -0.2) is 0 Å². The largest absolute Gasteiger partial charge is 0.495 e. The van der Waals surface area contributed by atoms with Crippen molar-refractivity contribution in [3.05, 3.63) is 119 Å². The van der Waals surface area contributed by atoms with Crippen molar-refractivity contribution in [2.24, 2.45) is 0 Å². The molecule has 4 nitrogen and oxygen atoms in total. The lowest BCUT2D eigenvalue weighted by molar-refractivity contribution is 0.00578. The molecule has 42 heavy (non-hydrogen) atoms. The van der Waals surface area contributed by atoms with E-state index in [2.05, 4.69) is 146 Å². The van der Waals surface area contributed by atoms with Crippen LogP contribution in [0.4, 0.5) is 0 Å². The molecule has 0 spiro atoms. The maximum atomic E-state index is 6.89. The molecular formula is C36H42B2O4. The summed E-state index contributed by atoms with van der Waals surface area (Å²) in [5.41, 5.74) is 6.06. The average Bonchev–Trinajstić information content (AvgIpc) is 3.32. The van der Waals surface area contributed by atoms with Crippen molar-refractivity contribution < 1.29 is 18.6 Å². The van der Waals surface area contributed by atoms with Gasteiger partial charge in [-0.2, -0.15) is 0 Å². The first-order valence-electron chi connectivity index (χ1n) is 15.2. The molecule has 0 bridgehead atoms. The van der Waals surface area contributed by atoms with Crippen LogP contribution in [0.2, 0.25) is 0 Å². The van der Waals surface area contributed by atoms with Crippen LogP contribution in [-0.4, -0.2) is 36.6 Å². The smallest absolute Gasteiger partial charge is 0.400 e. The van der Waals surface area contributed by atoms with E-state index in [9.17, 15) is 0 Å². The molecule has 216 valence electrons. The molecule has 3 aromatic carbocycles. The van der Waals surface area contributed by atoms with Crippen LogP contribution in [0.3, 0.4) is 0 Å². The van der Waals surface area contributed by atoms with Crippen LogP contribution in [0.5, 0.6) is 0 Å². The Morgan fingerprint density at radius 3 is 1.40 bits per heavy atom. The number of hydrogen-bond acceptors (Lipinski definition) is 4. The predicted octanol–water partition coefficient (Wildman–Crippen LogP) is 8.34. The van der Waals surface area contributed by atoms with Gasteiger partial charge in [-0.3, -0.25) is 0 Å². The summed E-state index contributed by atoms with van der Waals surface area (Å²) in [6.45, 7) is 17.0. The minimum atomic E-state index is -0.579. The van der Waals surface area contributed by atoms with Gasteiger partial charge in [-0.05, 0) is 101 Å². The maximum Gasteiger partial charge on any atom is 0.495 e. The Bertz CT molecular complexity index is 1480. The molecule has 0 unspecified atom stereocenters. The highest BCUT2D eigenvalue weighted by molar-refractivity contribution is 6.64. The molecule has 0 amide bonds. The highest BCUT2D eigenvalue weighted by Crippen LogP contribution is 2.54. The lowest BCUT2D eigenvalue weighted by atomic mass is 9.55. The van der Waals surface area contributed by atoms with Gasteiger partial charge in [0.1, 0.15) is 0 Å². The fourth-order valence-corrected chi connectivity index (χ4v) is 6.21. The number of allylic oxidation sites excluding steroid dienone is 4.